The molecule has 0 unspecified atom stereocenters. The molecule has 2 aromatic rings. The molecule has 1 heterocycles. The second kappa shape index (κ2) is 8.84. The summed E-state index contributed by atoms with van der Waals surface area (Å²) in [5.41, 5.74) is 6.96. The Morgan fingerprint density at radius 3 is 2.52 bits per heavy atom. The van der Waals surface area contributed by atoms with E-state index in [4.69, 9.17) is 10.2 Å². The Bertz CT molecular complexity index is 720. The maximum absolute atomic E-state index is 12.9. The molecule has 0 saturated heterocycles. The molecule has 0 saturated carbocycles. The van der Waals surface area contributed by atoms with Crippen LogP contribution in [0.2, 0.25) is 0 Å². The standard InChI is InChI=1S/C19H22BrN3O2/c1-13(2)12-16(22)19(24)23(10-9-21)18(17-4-3-11-25-17)14-5-7-15(20)8-6-14/h3-8,11,13,16,18H,10,12,22H2,1-2H3/t16-,18-/m0/s1. The second-order valence-corrected chi connectivity index (χ2v) is 7.25. The Hall–Kier alpha value is -2.10. The fourth-order valence-corrected chi connectivity index (χ4v) is 3.05. The summed E-state index contributed by atoms with van der Waals surface area (Å²) in [7, 11) is 0. The summed E-state index contributed by atoms with van der Waals surface area (Å²) in [4.78, 5) is 14.4. The molecule has 0 fully saturated rings. The summed E-state index contributed by atoms with van der Waals surface area (Å²) in [6, 6.07) is 12.1. The summed E-state index contributed by atoms with van der Waals surface area (Å²) in [6.45, 7) is 3.97. The minimum atomic E-state index is -0.652. The Balaban J connectivity index is 2.42. The van der Waals surface area contributed by atoms with Crippen molar-refractivity contribution < 1.29 is 9.21 Å². The van der Waals surface area contributed by atoms with Crippen LogP contribution in [0.5, 0.6) is 0 Å². The molecule has 25 heavy (non-hydrogen) atoms. The fourth-order valence-electron chi connectivity index (χ4n) is 2.78. The molecule has 6 heteroatoms. The number of hydrogen-bond donors (Lipinski definition) is 1. The van der Waals surface area contributed by atoms with Gasteiger partial charge in [0.1, 0.15) is 18.3 Å². The van der Waals surface area contributed by atoms with Crippen LogP contribution in [0.15, 0.2) is 51.6 Å². The lowest BCUT2D eigenvalue weighted by Gasteiger charge is -2.31. The van der Waals surface area contributed by atoms with E-state index < -0.39 is 12.1 Å². The molecular weight excluding hydrogens is 382 g/mol. The third-order valence-corrected chi connectivity index (χ3v) is 4.41. The van der Waals surface area contributed by atoms with E-state index >= 15 is 0 Å². The van der Waals surface area contributed by atoms with Crippen LogP contribution in [0, 0.1) is 17.2 Å². The number of amides is 1. The van der Waals surface area contributed by atoms with Gasteiger partial charge in [-0.25, -0.2) is 0 Å². The molecule has 132 valence electrons. The number of halogens is 1. The molecule has 0 aliphatic heterocycles. The Morgan fingerprint density at radius 1 is 1.32 bits per heavy atom. The molecule has 2 atom stereocenters. The first-order valence-corrected chi connectivity index (χ1v) is 8.95. The van der Waals surface area contributed by atoms with Crippen molar-refractivity contribution in [2.24, 2.45) is 11.7 Å². The van der Waals surface area contributed by atoms with Crippen molar-refractivity contribution in [3.05, 3.63) is 58.5 Å². The first kappa shape index (κ1) is 19.2. The molecule has 5 nitrogen and oxygen atoms in total. The zero-order chi connectivity index (χ0) is 18.4. The predicted molar refractivity (Wildman–Crippen MR) is 99.4 cm³/mol. The van der Waals surface area contributed by atoms with Crippen molar-refractivity contribution in [3.63, 3.8) is 0 Å². The van der Waals surface area contributed by atoms with E-state index in [0.717, 1.165) is 10.0 Å². The summed E-state index contributed by atoms with van der Waals surface area (Å²) < 4.78 is 6.50. The normalized spacial score (nSPS) is 13.3. The summed E-state index contributed by atoms with van der Waals surface area (Å²) >= 11 is 3.41. The third-order valence-electron chi connectivity index (χ3n) is 3.88. The molecule has 1 amide bonds. The van der Waals surface area contributed by atoms with Crippen molar-refractivity contribution >= 4 is 21.8 Å². The van der Waals surface area contributed by atoms with Crippen LogP contribution in [0.4, 0.5) is 0 Å². The van der Waals surface area contributed by atoms with E-state index in [2.05, 4.69) is 22.0 Å². The van der Waals surface area contributed by atoms with Crippen molar-refractivity contribution in [2.45, 2.75) is 32.4 Å². The van der Waals surface area contributed by atoms with Gasteiger partial charge < -0.3 is 15.1 Å². The quantitative estimate of drug-likeness (QED) is 0.711. The number of nitrogens with two attached hydrogens (primary N) is 1. The van der Waals surface area contributed by atoms with E-state index in [9.17, 15) is 10.1 Å². The maximum atomic E-state index is 12.9. The molecule has 0 bridgehead atoms. The summed E-state index contributed by atoms with van der Waals surface area (Å²) in [5, 5.41) is 9.26. The zero-order valence-electron chi connectivity index (χ0n) is 14.4. The highest BCUT2D eigenvalue weighted by Crippen LogP contribution is 2.30. The van der Waals surface area contributed by atoms with Crippen molar-refractivity contribution in [3.8, 4) is 6.07 Å². The number of carbonyl (C=O) groups excluding carboxylic acids is 1. The second-order valence-electron chi connectivity index (χ2n) is 6.33. The zero-order valence-corrected chi connectivity index (χ0v) is 15.9. The van der Waals surface area contributed by atoms with Crippen LogP contribution >= 0.6 is 15.9 Å². The highest BCUT2D eigenvalue weighted by Gasteiger charge is 2.31. The van der Waals surface area contributed by atoms with E-state index in [1.165, 1.54) is 4.90 Å². The Labute approximate surface area is 156 Å². The summed E-state index contributed by atoms with van der Waals surface area (Å²) in [6.07, 6.45) is 2.12. The van der Waals surface area contributed by atoms with Gasteiger partial charge in [-0.1, -0.05) is 41.9 Å². The molecule has 0 spiro atoms. The average Bonchev–Trinajstić information content (AvgIpc) is 3.09. The van der Waals surface area contributed by atoms with Crippen LogP contribution in [-0.4, -0.2) is 23.4 Å². The molecular formula is C19H22BrN3O2. The number of rotatable bonds is 7. The molecule has 1 aromatic heterocycles. The predicted octanol–water partition coefficient (Wildman–Crippen LogP) is 3.86. The van der Waals surface area contributed by atoms with Crippen LogP contribution in [-0.2, 0) is 4.79 Å². The molecule has 0 aliphatic rings. The SMILES string of the molecule is CC(C)C[C@H](N)C(=O)N(CC#N)[C@@H](c1ccc(Br)cc1)c1ccco1. The van der Waals surface area contributed by atoms with Crippen LogP contribution < -0.4 is 5.73 Å². The number of carbonyl (C=O) groups is 1. The van der Waals surface area contributed by atoms with E-state index in [1.54, 1.807) is 18.4 Å². The lowest BCUT2D eigenvalue weighted by atomic mass is 9.99. The van der Waals surface area contributed by atoms with Gasteiger partial charge in [-0.05, 0) is 42.2 Å². The molecule has 0 aliphatic carbocycles. The number of furan rings is 1. The molecule has 2 N–H and O–H groups in total. The fraction of sp³-hybridized carbons (Fsp3) is 0.368. The van der Waals surface area contributed by atoms with Gasteiger partial charge in [0.2, 0.25) is 5.91 Å². The molecule has 2 rings (SSSR count). The van der Waals surface area contributed by atoms with Gasteiger partial charge in [0.15, 0.2) is 0 Å². The highest BCUT2D eigenvalue weighted by atomic mass is 79.9. The smallest absolute Gasteiger partial charge is 0.241 e. The topological polar surface area (TPSA) is 83.3 Å². The van der Waals surface area contributed by atoms with Crippen LogP contribution in [0.3, 0.4) is 0 Å². The van der Waals surface area contributed by atoms with Gasteiger partial charge in [-0.15, -0.1) is 0 Å². The number of benzene rings is 1. The first-order chi connectivity index (χ1) is 11.9. The monoisotopic (exact) mass is 403 g/mol. The minimum Gasteiger partial charge on any atom is -0.467 e. The number of nitriles is 1. The van der Waals surface area contributed by atoms with Gasteiger partial charge in [-0.3, -0.25) is 4.79 Å². The van der Waals surface area contributed by atoms with Gasteiger partial charge in [-0.2, -0.15) is 5.26 Å². The lowest BCUT2D eigenvalue weighted by Crippen LogP contribution is -2.46. The van der Waals surface area contributed by atoms with Gasteiger partial charge in [0, 0.05) is 4.47 Å². The number of nitrogens with zero attached hydrogens (tertiary/aromatic N) is 2. The Kier molecular flexibility index (Phi) is 6.80. The van der Waals surface area contributed by atoms with E-state index in [-0.39, 0.29) is 18.4 Å². The maximum Gasteiger partial charge on any atom is 0.241 e. The van der Waals surface area contributed by atoms with Gasteiger partial charge >= 0.3 is 0 Å². The van der Waals surface area contributed by atoms with Crippen molar-refractivity contribution in [1.29, 1.82) is 5.26 Å². The third kappa shape index (κ3) is 4.94. The average molecular weight is 404 g/mol. The molecule has 0 radical (unpaired) electrons. The van der Waals surface area contributed by atoms with Crippen LogP contribution in [0.1, 0.15) is 37.6 Å². The number of hydrogen-bond acceptors (Lipinski definition) is 4. The summed E-state index contributed by atoms with van der Waals surface area (Å²) in [5.74, 6) is 0.639. The molecule has 1 aromatic carbocycles. The van der Waals surface area contributed by atoms with Crippen molar-refractivity contribution in [1.82, 2.24) is 4.90 Å². The first-order valence-electron chi connectivity index (χ1n) is 8.16. The van der Waals surface area contributed by atoms with Crippen LogP contribution in [0.25, 0.3) is 0 Å². The van der Waals surface area contributed by atoms with E-state index in [0.29, 0.717) is 12.2 Å². The van der Waals surface area contributed by atoms with Gasteiger partial charge in [0.25, 0.3) is 0 Å². The van der Waals surface area contributed by atoms with E-state index in [1.807, 2.05) is 38.1 Å². The largest absolute Gasteiger partial charge is 0.467 e. The lowest BCUT2D eigenvalue weighted by molar-refractivity contribution is -0.134. The minimum absolute atomic E-state index is 0.0634. The van der Waals surface area contributed by atoms with Gasteiger partial charge in [0.05, 0.1) is 18.4 Å². The van der Waals surface area contributed by atoms with Crippen molar-refractivity contribution in [2.75, 3.05) is 6.54 Å². The highest BCUT2D eigenvalue weighted by molar-refractivity contribution is 9.10. The Morgan fingerprint density at radius 2 is 2.00 bits per heavy atom.